The molecule has 6 nitrogen and oxygen atoms in total. The van der Waals surface area contributed by atoms with E-state index in [2.05, 4.69) is 20.3 Å². The number of hydrogen-bond acceptors (Lipinski definition) is 6. The van der Waals surface area contributed by atoms with Crippen molar-refractivity contribution in [1.82, 2.24) is 15.0 Å². The summed E-state index contributed by atoms with van der Waals surface area (Å²) in [5, 5.41) is 3.15. The van der Waals surface area contributed by atoms with Crippen LogP contribution < -0.4 is 5.32 Å². The molecule has 114 valence electrons. The van der Waals surface area contributed by atoms with Crippen molar-refractivity contribution in [3.63, 3.8) is 0 Å². The van der Waals surface area contributed by atoms with Crippen molar-refractivity contribution in [3.05, 3.63) is 46.7 Å². The van der Waals surface area contributed by atoms with Gasteiger partial charge in [0.05, 0.1) is 27.8 Å². The van der Waals surface area contributed by atoms with Crippen LogP contribution in [0.3, 0.4) is 0 Å². The first-order chi connectivity index (χ1) is 11.2. The SMILES string of the molecule is O=C(Nc1nc2c(s1)C(=O)CCC2)c1cnc2ccccc2n1. The minimum absolute atomic E-state index is 0.106. The first kappa shape index (κ1) is 14.0. The number of nitrogens with zero attached hydrogens (tertiary/aromatic N) is 3. The summed E-state index contributed by atoms with van der Waals surface area (Å²) < 4.78 is 0. The number of Topliss-reactive ketones (excluding diaryl/α,β-unsaturated/α-hetero) is 1. The van der Waals surface area contributed by atoms with Crippen LogP contribution in [0.2, 0.25) is 0 Å². The largest absolute Gasteiger partial charge is 0.296 e. The lowest BCUT2D eigenvalue weighted by Gasteiger charge is -2.05. The molecule has 0 saturated heterocycles. The smallest absolute Gasteiger partial charge is 0.277 e. The van der Waals surface area contributed by atoms with Crippen LogP contribution in [0, 0.1) is 0 Å². The highest BCUT2D eigenvalue weighted by Crippen LogP contribution is 2.29. The summed E-state index contributed by atoms with van der Waals surface area (Å²) >= 11 is 1.23. The standard InChI is InChI=1S/C16H12N4O2S/c21-13-7-3-6-11-14(13)23-16(19-11)20-15(22)12-8-17-9-4-1-2-5-10(9)18-12/h1-2,4-5,8H,3,6-7H2,(H,19,20,22). The second-order valence-corrected chi connectivity index (χ2v) is 6.27. The number of hydrogen-bond donors (Lipinski definition) is 1. The normalized spacial score (nSPS) is 13.8. The van der Waals surface area contributed by atoms with Gasteiger partial charge in [-0.2, -0.15) is 0 Å². The molecule has 0 unspecified atom stereocenters. The fourth-order valence-electron chi connectivity index (χ4n) is 2.55. The van der Waals surface area contributed by atoms with Crippen molar-refractivity contribution < 1.29 is 9.59 Å². The molecule has 23 heavy (non-hydrogen) atoms. The third kappa shape index (κ3) is 2.59. The Morgan fingerprint density at radius 2 is 1.96 bits per heavy atom. The van der Waals surface area contributed by atoms with Crippen molar-refractivity contribution in [2.45, 2.75) is 19.3 Å². The van der Waals surface area contributed by atoms with Gasteiger partial charge >= 0.3 is 0 Å². The van der Waals surface area contributed by atoms with Crippen LogP contribution in [0.1, 0.15) is 38.7 Å². The van der Waals surface area contributed by atoms with Gasteiger partial charge in [-0.15, -0.1) is 0 Å². The van der Waals surface area contributed by atoms with Crippen LogP contribution in [0.15, 0.2) is 30.5 Å². The first-order valence-corrected chi connectivity index (χ1v) is 8.08. The van der Waals surface area contributed by atoms with Crippen molar-refractivity contribution in [1.29, 1.82) is 0 Å². The fourth-order valence-corrected chi connectivity index (χ4v) is 3.52. The number of nitrogens with one attached hydrogen (secondary N) is 1. The van der Waals surface area contributed by atoms with Gasteiger partial charge < -0.3 is 0 Å². The Balaban J connectivity index is 1.60. The van der Waals surface area contributed by atoms with Crippen molar-refractivity contribution in [3.8, 4) is 0 Å². The van der Waals surface area contributed by atoms with Gasteiger partial charge in [-0.25, -0.2) is 9.97 Å². The predicted molar refractivity (Wildman–Crippen MR) is 86.9 cm³/mol. The Hall–Kier alpha value is -2.67. The number of carbonyl (C=O) groups excluding carboxylic acids is 2. The maximum atomic E-state index is 12.3. The average Bonchev–Trinajstić information content (AvgIpc) is 2.98. The molecule has 1 N–H and O–H groups in total. The highest BCUT2D eigenvalue weighted by Gasteiger charge is 2.23. The third-order valence-corrected chi connectivity index (χ3v) is 4.72. The van der Waals surface area contributed by atoms with Gasteiger partial charge in [-0.1, -0.05) is 23.5 Å². The first-order valence-electron chi connectivity index (χ1n) is 7.27. The van der Waals surface area contributed by atoms with E-state index in [-0.39, 0.29) is 17.4 Å². The van der Waals surface area contributed by atoms with E-state index in [4.69, 9.17) is 0 Å². The predicted octanol–water partition coefficient (Wildman–Crippen LogP) is 2.86. The zero-order chi connectivity index (χ0) is 15.8. The third-order valence-electron chi connectivity index (χ3n) is 3.67. The quantitative estimate of drug-likeness (QED) is 0.783. The van der Waals surface area contributed by atoms with Crippen molar-refractivity contribution >= 4 is 39.2 Å². The molecular weight excluding hydrogens is 312 g/mol. The number of carbonyl (C=O) groups is 2. The molecule has 1 aliphatic carbocycles. The molecule has 4 rings (SSSR count). The lowest BCUT2D eigenvalue weighted by Crippen LogP contribution is -2.14. The lowest BCUT2D eigenvalue weighted by molar-refractivity contribution is 0.0975. The molecule has 0 aliphatic heterocycles. The van der Waals surface area contributed by atoms with E-state index in [1.807, 2.05) is 18.2 Å². The minimum Gasteiger partial charge on any atom is -0.296 e. The van der Waals surface area contributed by atoms with Crippen LogP contribution in [-0.4, -0.2) is 26.6 Å². The zero-order valence-electron chi connectivity index (χ0n) is 12.1. The maximum Gasteiger partial charge on any atom is 0.277 e. The Morgan fingerprint density at radius 1 is 1.13 bits per heavy atom. The number of para-hydroxylation sites is 2. The summed E-state index contributed by atoms with van der Waals surface area (Å²) in [4.78, 5) is 37.7. The number of rotatable bonds is 2. The highest BCUT2D eigenvalue weighted by atomic mass is 32.1. The van der Waals surface area contributed by atoms with Gasteiger partial charge in [0.1, 0.15) is 5.69 Å². The second kappa shape index (κ2) is 5.51. The maximum absolute atomic E-state index is 12.3. The Morgan fingerprint density at radius 3 is 2.78 bits per heavy atom. The molecule has 0 saturated carbocycles. The molecule has 2 aromatic heterocycles. The van der Waals surface area contributed by atoms with Crippen molar-refractivity contribution in [2.75, 3.05) is 5.32 Å². The summed E-state index contributed by atoms with van der Waals surface area (Å²) in [7, 11) is 0. The van der Waals surface area contributed by atoms with Gasteiger partial charge in [-0.05, 0) is 25.0 Å². The Kier molecular flexibility index (Phi) is 3.34. The van der Waals surface area contributed by atoms with Gasteiger partial charge in [-0.3, -0.25) is 19.9 Å². The molecule has 0 bridgehead atoms. The average molecular weight is 324 g/mol. The number of amides is 1. The van der Waals surface area contributed by atoms with E-state index in [0.29, 0.717) is 21.9 Å². The summed E-state index contributed by atoms with van der Waals surface area (Å²) in [5.41, 5.74) is 2.41. The van der Waals surface area contributed by atoms with Crippen LogP contribution in [0.5, 0.6) is 0 Å². The number of aryl methyl sites for hydroxylation is 1. The summed E-state index contributed by atoms with van der Waals surface area (Å²) in [5.74, 6) is -0.267. The molecule has 0 radical (unpaired) electrons. The highest BCUT2D eigenvalue weighted by molar-refractivity contribution is 7.17. The van der Waals surface area contributed by atoms with Gasteiger partial charge in [0.2, 0.25) is 0 Å². The van der Waals surface area contributed by atoms with E-state index in [9.17, 15) is 9.59 Å². The molecule has 0 atom stereocenters. The second-order valence-electron chi connectivity index (χ2n) is 5.27. The lowest BCUT2D eigenvalue weighted by atomic mass is 10.0. The van der Waals surface area contributed by atoms with Crippen LogP contribution in [-0.2, 0) is 6.42 Å². The number of thiazole rings is 1. The molecule has 1 aromatic carbocycles. The molecule has 1 amide bonds. The monoisotopic (exact) mass is 324 g/mol. The van der Waals surface area contributed by atoms with Gasteiger partial charge in [0, 0.05) is 6.42 Å². The number of anilines is 1. The van der Waals surface area contributed by atoms with E-state index in [0.717, 1.165) is 24.1 Å². The van der Waals surface area contributed by atoms with Crippen LogP contribution in [0.25, 0.3) is 11.0 Å². The van der Waals surface area contributed by atoms with Gasteiger partial charge in [0.25, 0.3) is 5.91 Å². The van der Waals surface area contributed by atoms with Crippen LogP contribution in [0.4, 0.5) is 5.13 Å². The molecule has 1 aliphatic rings. The number of ketones is 1. The fraction of sp³-hybridized carbons (Fsp3) is 0.188. The molecule has 0 fully saturated rings. The topological polar surface area (TPSA) is 84.8 Å². The zero-order valence-corrected chi connectivity index (χ0v) is 12.9. The molecule has 2 heterocycles. The van der Waals surface area contributed by atoms with Crippen LogP contribution >= 0.6 is 11.3 Å². The molecular formula is C16H12N4O2S. The van der Waals surface area contributed by atoms with E-state index >= 15 is 0 Å². The minimum atomic E-state index is -0.373. The number of aromatic nitrogens is 3. The van der Waals surface area contributed by atoms with E-state index in [1.54, 1.807) is 6.07 Å². The summed E-state index contributed by atoms with van der Waals surface area (Å²) in [6, 6.07) is 7.36. The summed E-state index contributed by atoms with van der Waals surface area (Å²) in [6.07, 6.45) is 3.59. The molecule has 0 spiro atoms. The van der Waals surface area contributed by atoms with Gasteiger partial charge in [0.15, 0.2) is 10.9 Å². The van der Waals surface area contributed by atoms with E-state index < -0.39 is 0 Å². The molecule has 3 aromatic rings. The summed E-state index contributed by atoms with van der Waals surface area (Å²) in [6.45, 7) is 0. The Labute approximate surface area is 135 Å². The Bertz CT molecular complexity index is 935. The van der Waals surface area contributed by atoms with Crippen molar-refractivity contribution in [2.24, 2.45) is 0 Å². The number of fused-ring (bicyclic) bond motifs is 2. The van der Waals surface area contributed by atoms with E-state index in [1.165, 1.54) is 17.5 Å². The molecule has 7 heteroatoms. The number of benzene rings is 1.